The predicted molar refractivity (Wildman–Crippen MR) is 51.0 cm³/mol. The molecule has 1 heterocycles. The van der Waals surface area contributed by atoms with Crippen molar-refractivity contribution in [3.63, 3.8) is 0 Å². The van der Waals surface area contributed by atoms with Gasteiger partial charge in [0, 0.05) is 0 Å². The van der Waals surface area contributed by atoms with Crippen LogP contribution in [0.15, 0.2) is 0 Å². The molecule has 1 aromatic rings. The molecule has 1 rings (SSSR count). The van der Waals surface area contributed by atoms with Crippen LogP contribution in [0.3, 0.4) is 0 Å². The van der Waals surface area contributed by atoms with E-state index in [-0.39, 0.29) is 16.7 Å². The van der Waals surface area contributed by atoms with Crippen LogP contribution in [0.25, 0.3) is 0 Å². The lowest BCUT2D eigenvalue weighted by molar-refractivity contribution is 0.597. The van der Waals surface area contributed by atoms with Crippen LogP contribution in [-0.2, 0) is 3.79 Å². The first kappa shape index (κ1) is 11.2. The molecule has 0 saturated heterocycles. The molecule has 0 unspecified atom stereocenters. The van der Waals surface area contributed by atoms with Gasteiger partial charge in [0.2, 0.25) is 3.79 Å². The quantitative estimate of drug-likeness (QED) is 0.530. The molecule has 0 bridgehead atoms. The van der Waals surface area contributed by atoms with E-state index in [0.29, 0.717) is 0 Å². The van der Waals surface area contributed by atoms with Gasteiger partial charge in [0.1, 0.15) is 0 Å². The first-order valence-corrected chi connectivity index (χ1v) is 4.60. The second-order valence-corrected chi connectivity index (χ2v) is 4.87. The molecule has 0 amide bonds. The summed E-state index contributed by atoms with van der Waals surface area (Å²) in [5, 5.41) is -0.353. The summed E-state index contributed by atoms with van der Waals surface area (Å²) in [5.41, 5.74) is 0.0429. The summed E-state index contributed by atoms with van der Waals surface area (Å²) < 4.78 is 11.1. The van der Waals surface area contributed by atoms with Crippen LogP contribution in [-0.4, -0.2) is 9.97 Å². The number of rotatable bonds is 0. The molecule has 0 atom stereocenters. The Hall–Kier alpha value is 0.170. The highest BCUT2D eigenvalue weighted by atomic mass is 35.6. The van der Waals surface area contributed by atoms with Crippen molar-refractivity contribution in [2.75, 3.05) is 0 Å². The highest BCUT2D eigenvalue weighted by Crippen LogP contribution is 2.36. The lowest BCUT2D eigenvalue weighted by Gasteiger charge is -2.10. The van der Waals surface area contributed by atoms with Gasteiger partial charge in [-0.05, 0) is 6.92 Å². The van der Waals surface area contributed by atoms with Crippen molar-refractivity contribution >= 4 is 46.4 Å². The van der Waals surface area contributed by atoms with Crippen molar-refractivity contribution in [1.29, 1.82) is 0 Å². The third kappa shape index (κ3) is 2.56. The Kier molecular flexibility index (Phi) is 3.23. The molecule has 0 aliphatic rings. The van der Waals surface area contributed by atoms with E-state index in [1.165, 1.54) is 6.92 Å². The summed E-state index contributed by atoms with van der Waals surface area (Å²) in [4.78, 5) is 7.13. The van der Waals surface area contributed by atoms with Gasteiger partial charge in [0.25, 0.3) is 0 Å². The Labute approximate surface area is 94.0 Å². The van der Waals surface area contributed by atoms with Crippen LogP contribution in [0, 0.1) is 12.7 Å². The predicted octanol–water partition coefficient (Wildman–Crippen LogP) is 3.40. The van der Waals surface area contributed by atoms with Crippen LogP contribution in [0.4, 0.5) is 4.39 Å². The van der Waals surface area contributed by atoms with Crippen molar-refractivity contribution in [3.05, 3.63) is 22.5 Å². The minimum Gasteiger partial charge on any atom is -0.231 e. The summed E-state index contributed by atoms with van der Waals surface area (Å²) in [6.45, 7) is 1.41. The molecular weight excluding hydrogens is 261 g/mol. The number of halogens is 5. The van der Waals surface area contributed by atoms with E-state index in [0.717, 1.165) is 0 Å². The van der Waals surface area contributed by atoms with Gasteiger partial charge < -0.3 is 0 Å². The van der Waals surface area contributed by atoms with Gasteiger partial charge in [0.05, 0.1) is 5.69 Å². The highest BCUT2D eigenvalue weighted by Gasteiger charge is 2.28. The average Bonchev–Trinajstić information content (AvgIpc) is 1.97. The van der Waals surface area contributed by atoms with Crippen LogP contribution >= 0.6 is 46.4 Å². The normalized spacial score (nSPS) is 11.8. The Morgan fingerprint density at radius 2 is 1.77 bits per heavy atom. The smallest absolute Gasteiger partial charge is 0.231 e. The zero-order valence-corrected chi connectivity index (χ0v) is 9.31. The summed E-state index contributed by atoms with van der Waals surface area (Å²) in [6.07, 6.45) is 0. The number of nitrogens with zero attached hydrogens (tertiary/aromatic N) is 2. The first-order chi connectivity index (χ1) is 5.82. The Morgan fingerprint density at radius 1 is 1.23 bits per heavy atom. The van der Waals surface area contributed by atoms with Gasteiger partial charge in [-0.2, -0.15) is 0 Å². The van der Waals surface area contributed by atoms with Crippen LogP contribution in [0.1, 0.15) is 11.5 Å². The van der Waals surface area contributed by atoms with Crippen molar-refractivity contribution in [2.24, 2.45) is 0 Å². The van der Waals surface area contributed by atoms with Gasteiger partial charge in [-0.15, -0.1) is 0 Å². The standard InChI is InChI=1S/C6H3Cl4FN2/c1-2-3(11)4(7)13-5(12-2)6(8,9)10/h1H3. The number of hydrogen-bond acceptors (Lipinski definition) is 2. The Balaban J connectivity index is 3.29. The Morgan fingerprint density at radius 3 is 2.15 bits per heavy atom. The number of aryl methyl sites for hydroxylation is 1. The van der Waals surface area contributed by atoms with E-state index in [2.05, 4.69) is 9.97 Å². The molecule has 0 aliphatic heterocycles. The molecule has 72 valence electrons. The fourth-order valence-corrected chi connectivity index (χ4v) is 1.12. The summed E-state index contributed by atoms with van der Waals surface area (Å²) in [5.74, 6) is -0.846. The second kappa shape index (κ2) is 3.73. The molecule has 2 nitrogen and oxygen atoms in total. The van der Waals surface area contributed by atoms with E-state index in [4.69, 9.17) is 46.4 Å². The van der Waals surface area contributed by atoms with Gasteiger partial charge in [-0.25, -0.2) is 14.4 Å². The molecule has 1 aromatic heterocycles. The maximum atomic E-state index is 12.9. The molecule has 0 aliphatic carbocycles. The molecule has 7 heteroatoms. The molecule has 0 radical (unpaired) electrons. The molecule has 0 fully saturated rings. The lowest BCUT2D eigenvalue weighted by atomic mass is 10.4. The minimum atomic E-state index is -1.79. The van der Waals surface area contributed by atoms with E-state index in [1.807, 2.05) is 0 Å². The van der Waals surface area contributed by atoms with E-state index < -0.39 is 9.61 Å². The third-order valence-corrected chi connectivity index (χ3v) is 1.99. The lowest BCUT2D eigenvalue weighted by Crippen LogP contribution is -2.10. The highest BCUT2D eigenvalue weighted by molar-refractivity contribution is 6.66. The molecular formula is C6H3Cl4FN2. The van der Waals surface area contributed by atoms with Crippen molar-refractivity contribution in [3.8, 4) is 0 Å². The minimum absolute atomic E-state index is 0.0429. The monoisotopic (exact) mass is 262 g/mol. The SMILES string of the molecule is Cc1nc(C(Cl)(Cl)Cl)nc(Cl)c1F. The molecule has 0 N–H and O–H groups in total. The van der Waals surface area contributed by atoms with Crippen molar-refractivity contribution < 1.29 is 4.39 Å². The molecule has 0 aromatic carbocycles. The van der Waals surface area contributed by atoms with E-state index >= 15 is 0 Å². The zero-order chi connectivity index (χ0) is 10.2. The van der Waals surface area contributed by atoms with Crippen LogP contribution in [0.5, 0.6) is 0 Å². The summed E-state index contributed by atoms with van der Waals surface area (Å²) in [7, 11) is 0. The largest absolute Gasteiger partial charge is 0.250 e. The Bertz CT molecular complexity index is 313. The van der Waals surface area contributed by atoms with Crippen molar-refractivity contribution in [1.82, 2.24) is 9.97 Å². The van der Waals surface area contributed by atoms with Gasteiger partial charge in [-0.3, -0.25) is 0 Å². The van der Waals surface area contributed by atoms with Gasteiger partial charge in [0.15, 0.2) is 16.8 Å². The topological polar surface area (TPSA) is 25.8 Å². The number of hydrogen-bond donors (Lipinski definition) is 0. The number of alkyl halides is 3. The molecule has 0 spiro atoms. The van der Waals surface area contributed by atoms with Gasteiger partial charge >= 0.3 is 0 Å². The van der Waals surface area contributed by atoms with E-state index in [1.54, 1.807) is 0 Å². The van der Waals surface area contributed by atoms with Crippen LogP contribution in [0.2, 0.25) is 5.15 Å². The average molecular weight is 264 g/mol. The maximum Gasteiger partial charge on any atom is 0.250 e. The number of aromatic nitrogens is 2. The third-order valence-electron chi connectivity index (χ3n) is 1.23. The van der Waals surface area contributed by atoms with Crippen molar-refractivity contribution in [2.45, 2.75) is 10.7 Å². The van der Waals surface area contributed by atoms with E-state index in [9.17, 15) is 4.39 Å². The molecule has 13 heavy (non-hydrogen) atoms. The molecule has 0 saturated carbocycles. The van der Waals surface area contributed by atoms with Crippen LogP contribution < -0.4 is 0 Å². The maximum absolute atomic E-state index is 12.9. The van der Waals surface area contributed by atoms with Gasteiger partial charge in [-0.1, -0.05) is 46.4 Å². The first-order valence-electron chi connectivity index (χ1n) is 3.09. The second-order valence-electron chi connectivity index (χ2n) is 2.24. The zero-order valence-electron chi connectivity index (χ0n) is 6.28. The fourth-order valence-electron chi connectivity index (χ4n) is 0.651. The fraction of sp³-hybridized carbons (Fsp3) is 0.333. The summed E-state index contributed by atoms with van der Waals surface area (Å²) >= 11 is 21.9. The summed E-state index contributed by atoms with van der Waals surface area (Å²) in [6, 6.07) is 0.